The molecule has 0 spiro atoms. The van der Waals surface area contributed by atoms with Crippen LogP contribution in [0.1, 0.15) is 21.5 Å². The summed E-state index contributed by atoms with van der Waals surface area (Å²) in [5, 5.41) is 9.88. The van der Waals surface area contributed by atoms with Crippen molar-refractivity contribution in [1.82, 2.24) is 14.6 Å². The molecule has 4 aromatic rings. The quantitative estimate of drug-likeness (QED) is 0.470. The van der Waals surface area contributed by atoms with Gasteiger partial charge in [-0.1, -0.05) is 47.0 Å². The van der Waals surface area contributed by atoms with Crippen LogP contribution < -0.4 is 5.32 Å². The number of thiazole rings is 1. The highest BCUT2D eigenvalue weighted by Crippen LogP contribution is 2.29. The summed E-state index contributed by atoms with van der Waals surface area (Å²) in [6.45, 7) is 4.13. The maximum atomic E-state index is 12.4. The van der Waals surface area contributed by atoms with Crippen molar-refractivity contribution in [3.05, 3.63) is 68.5 Å². The van der Waals surface area contributed by atoms with Crippen LogP contribution >= 0.6 is 34.5 Å². The second kappa shape index (κ2) is 6.96. The predicted octanol–water partition coefficient (Wildman–Crippen LogP) is 5.63. The Morgan fingerprint density at radius 3 is 2.67 bits per heavy atom. The maximum Gasteiger partial charge on any atom is 0.258 e. The van der Waals surface area contributed by atoms with E-state index in [2.05, 4.69) is 47.4 Å². The van der Waals surface area contributed by atoms with E-state index in [9.17, 15) is 4.79 Å². The Labute approximate surface area is 169 Å². The average molecular weight is 417 g/mol. The van der Waals surface area contributed by atoms with Crippen molar-refractivity contribution < 1.29 is 4.79 Å². The zero-order chi connectivity index (χ0) is 19.1. The van der Waals surface area contributed by atoms with Crippen molar-refractivity contribution in [3.63, 3.8) is 0 Å². The van der Waals surface area contributed by atoms with Crippen molar-refractivity contribution in [3.8, 4) is 11.3 Å². The van der Waals surface area contributed by atoms with Gasteiger partial charge in [-0.05, 0) is 37.6 Å². The van der Waals surface area contributed by atoms with Gasteiger partial charge in [-0.15, -0.1) is 16.4 Å². The highest BCUT2D eigenvalue weighted by Gasteiger charge is 2.16. The number of hydrogen-bond acceptors (Lipinski definition) is 4. The molecular weight excluding hydrogens is 403 g/mol. The number of aryl methyl sites for hydroxylation is 2. The highest BCUT2D eigenvalue weighted by molar-refractivity contribution is 7.15. The number of carbonyl (C=O) groups is 1. The molecule has 2 aromatic heterocycles. The zero-order valence-corrected chi connectivity index (χ0v) is 16.8. The van der Waals surface area contributed by atoms with Crippen molar-refractivity contribution in [2.75, 3.05) is 5.32 Å². The van der Waals surface area contributed by atoms with Gasteiger partial charge >= 0.3 is 0 Å². The maximum absolute atomic E-state index is 12.4. The van der Waals surface area contributed by atoms with E-state index in [0.717, 1.165) is 16.8 Å². The Morgan fingerprint density at radius 2 is 1.93 bits per heavy atom. The second-order valence-corrected chi connectivity index (χ2v) is 7.80. The summed E-state index contributed by atoms with van der Waals surface area (Å²) in [4.78, 5) is 17.5. The number of aromatic nitrogens is 3. The molecule has 1 amide bonds. The largest absolute Gasteiger partial charge is 0.289 e. The van der Waals surface area contributed by atoms with Crippen LogP contribution in [0.5, 0.6) is 0 Å². The van der Waals surface area contributed by atoms with Crippen LogP contribution in [0, 0.1) is 13.8 Å². The Bertz CT molecular complexity index is 1180. The fourth-order valence-electron chi connectivity index (χ4n) is 2.83. The van der Waals surface area contributed by atoms with Crippen LogP contribution in [0.2, 0.25) is 10.0 Å². The van der Waals surface area contributed by atoms with Crippen LogP contribution in [-0.2, 0) is 0 Å². The molecule has 4 rings (SSSR count). The summed E-state index contributed by atoms with van der Waals surface area (Å²) < 4.78 is 1.74. The average Bonchev–Trinajstić information content (AvgIpc) is 3.18. The van der Waals surface area contributed by atoms with Crippen molar-refractivity contribution in [2.24, 2.45) is 0 Å². The lowest BCUT2D eigenvalue weighted by Crippen LogP contribution is -2.13. The molecule has 5 nitrogen and oxygen atoms in total. The summed E-state index contributed by atoms with van der Waals surface area (Å²) in [5.41, 5.74) is 4.77. The molecule has 0 unspecified atom stereocenters. The monoisotopic (exact) mass is 416 g/mol. The molecule has 2 heterocycles. The van der Waals surface area contributed by atoms with Gasteiger partial charge in [-0.25, -0.2) is 4.52 Å². The Kier molecular flexibility index (Phi) is 4.63. The summed E-state index contributed by atoms with van der Waals surface area (Å²) in [5.74, 6) is -0.108. The zero-order valence-electron chi connectivity index (χ0n) is 14.5. The van der Waals surface area contributed by atoms with E-state index < -0.39 is 0 Å². The molecule has 0 aliphatic rings. The van der Waals surface area contributed by atoms with Crippen LogP contribution in [0.4, 0.5) is 5.95 Å². The normalized spacial score (nSPS) is 11.1. The topological polar surface area (TPSA) is 59.3 Å². The lowest BCUT2D eigenvalue weighted by Gasteiger charge is -2.05. The Morgan fingerprint density at radius 1 is 1.11 bits per heavy atom. The van der Waals surface area contributed by atoms with E-state index in [1.165, 1.54) is 23.0 Å². The first-order valence-electron chi connectivity index (χ1n) is 8.10. The number of amides is 1. The highest BCUT2D eigenvalue weighted by atomic mass is 35.5. The first-order valence-corrected chi connectivity index (χ1v) is 9.74. The fourth-order valence-corrected chi connectivity index (χ4v) is 3.95. The van der Waals surface area contributed by atoms with Crippen LogP contribution in [0.15, 0.2) is 41.8 Å². The molecule has 136 valence electrons. The van der Waals surface area contributed by atoms with Gasteiger partial charge in [-0.3, -0.25) is 10.1 Å². The Balaban J connectivity index is 1.65. The van der Waals surface area contributed by atoms with Crippen molar-refractivity contribution in [1.29, 1.82) is 0 Å². The van der Waals surface area contributed by atoms with Crippen LogP contribution in [0.25, 0.3) is 16.2 Å². The number of nitrogens with one attached hydrogen (secondary N) is 1. The van der Waals surface area contributed by atoms with E-state index in [1.54, 1.807) is 16.6 Å². The van der Waals surface area contributed by atoms with Crippen LogP contribution in [-0.4, -0.2) is 20.5 Å². The lowest BCUT2D eigenvalue weighted by molar-refractivity contribution is 0.102. The molecule has 8 heteroatoms. The first kappa shape index (κ1) is 18.0. The minimum Gasteiger partial charge on any atom is -0.289 e. The van der Waals surface area contributed by atoms with Crippen LogP contribution in [0.3, 0.4) is 0 Å². The van der Waals surface area contributed by atoms with Gasteiger partial charge < -0.3 is 0 Å². The number of benzene rings is 2. The molecular formula is C19H14Cl2N4OS. The molecule has 0 fully saturated rings. The van der Waals surface area contributed by atoms with Gasteiger partial charge in [0.15, 0.2) is 0 Å². The Hall–Kier alpha value is -2.41. The van der Waals surface area contributed by atoms with Gasteiger partial charge in [0.2, 0.25) is 4.96 Å². The van der Waals surface area contributed by atoms with E-state index >= 15 is 0 Å². The number of fused-ring (bicyclic) bond motifs is 1. The van der Waals surface area contributed by atoms with E-state index in [0.29, 0.717) is 20.6 Å². The molecule has 0 bridgehead atoms. The van der Waals surface area contributed by atoms with E-state index in [4.69, 9.17) is 23.2 Å². The summed E-state index contributed by atoms with van der Waals surface area (Å²) >= 11 is 13.3. The minimum absolute atomic E-state index is 0.240. The third kappa shape index (κ3) is 3.43. The second-order valence-electron chi connectivity index (χ2n) is 6.15. The van der Waals surface area contributed by atoms with Gasteiger partial charge in [0, 0.05) is 16.5 Å². The molecule has 0 atom stereocenters. The number of hydrogen-bond donors (Lipinski definition) is 1. The first-order chi connectivity index (χ1) is 12.9. The molecule has 0 saturated heterocycles. The number of carbonyl (C=O) groups excluding carboxylic acids is 1. The van der Waals surface area contributed by atoms with Gasteiger partial charge in [0.1, 0.15) is 0 Å². The number of rotatable bonds is 3. The van der Waals surface area contributed by atoms with Crippen molar-refractivity contribution >= 4 is 51.4 Å². The molecule has 0 radical (unpaired) electrons. The third-order valence-corrected chi connectivity index (χ3v) is 5.70. The van der Waals surface area contributed by atoms with Crippen molar-refractivity contribution in [2.45, 2.75) is 13.8 Å². The summed E-state index contributed by atoms with van der Waals surface area (Å²) in [6.07, 6.45) is 0. The fraction of sp³-hybridized carbons (Fsp3) is 0.105. The summed E-state index contributed by atoms with van der Waals surface area (Å²) in [7, 11) is 0. The third-order valence-electron chi connectivity index (χ3n) is 4.15. The standard InChI is InChI=1S/C19H14Cl2N4OS/c1-10-3-5-13(11(2)7-10)16-9-27-19-23-18(24-25(16)19)22-17(26)12-4-6-14(20)15(21)8-12/h3-9H,1-2H3,(H,22,24,26). The molecule has 27 heavy (non-hydrogen) atoms. The number of halogens is 2. The van der Waals surface area contributed by atoms with Gasteiger partial charge in [0.25, 0.3) is 11.9 Å². The molecule has 2 aromatic carbocycles. The van der Waals surface area contributed by atoms with E-state index in [-0.39, 0.29) is 11.9 Å². The molecule has 0 aliphatic heterocycles. The molecule has 0 saturated carbocycles. The number of anilines is 1. The SMILES string of the molecule is Cc1ccc(-c2csc3nc(NC(=O)c4ccc(Cl)c(Cl)c4)nn23)c(C)c1. The smallest absolute Gasteiger partial charge is 0.258 e. The predicted molar refractivity (Wildman–Crippen MR) is 110 cm³/mol. The molecule has 0 aliphatic carbocycles. The molecule has 1 N–H and O–H groups in total. The van der Waals surface area contributed by atoms with Gasteiger partial charge in [-0.2, -0.15) is 4.98 Å². The minimum atomic E-state index is -0.347. The number of nitrogens with zero attached hydrogens (tertiary/aromatic N) is 3. The lowest BCUT2D eigenvalue weighted by atomic mass is 10.0. The summed E-state index contributed by atoms with van der Waals surface area (Å²) in [6, 6.07) is 11.0. The van der Waals surface area contributed by atoms with Gasteiger partial charge in [0.05, 0.1) is 15.7 Å². The van der Waals surface area contributed by atoms with E-state index in [1.807, 2.05) is 5.38 Å².